The fraction of sp³-hybridized carbons (Fsp3) is 0.692. The molecule has 1 fully saturated rings. The van der Waals surface area contributed by atoms with Gasteiger partial charge < -0.3 is 10.6 Å². The van der Waals surface area contributed by atoms with E-state index in [-0.39, 0.29) is 0 Å². The second kappa shape index (κ2) is 5.34. The van der Waals surface area contributed by atoms with Crippen molar-refractivity contribution >= 4 is 11.6 Å². The Balaban J connectivity index is 2.23. The first kappa shape index (κ1) is 12.1. The largest absolute Gasteiger partial charge is 0.373 e. The average Bonchev–Trinajstić information content (AvgIpc) is 2.27. The molecule has 0 unspecified atom stereocenters. The van der Waals surface area contributed by atoms with E-state index in [9.17, 15) is 0 Å². The second-order valence-corrected chi connectivity index (χ2v) is 4.73. The van der Waals surface area contributed by atoms with Gasteiger partial charge in [0, 0.05) is 25.1 Å². The maximum absolute atomic E-state index is 4.63. The zero-order chi connectivity index (χ0) is 12.3. The van der Waals surface area contributed by atoms with Crippen LogP contribution in [0, 0.1) is 6.92 Å². The first-order chi connectivity index (χ1) is 8.24. The summed E-state index contributed by atoms with van der Waals surface area (Å²) in [7, 11) is 1.91. The van der Waals surface area contributed by atoms with Crippen LogP contribution in [0.2, 0.25) is 0 Å². The minimum atomic E-state index is 0.614. The van der Waals surface area contributed by atoms with Crippen LogP contribution >= 0.6 is 0 Å². The predicted molar refractivity (Wildman–Crippen MR) is 71.6 cm³/mol. The molecule has 0 aromatic carbocycles. The van der Waals surface area contributed by atoms with E-state index in [2.05, 4.69) is 34.4 Å². The highest BCUT2D eigenvalue weighted by atomic mass is 15.1. The summed E-state index contributed by atoms with van der Waals surface area (Å²) >= 11 is 0. The van der Waals surface area contributed by atoms with Crippen LogP contribution in [0.1, 0.15) is 44.0 Å². The van der Waals surface area contributed by atoms with Crippen molar-refractivity contribution in [3.63, 3.8) is 0 Å². The lowest BCUT2D eigenvalue weighted by molar-refractivity contribution is 0.444. The molecule has 0 bridgehead atoms. The van der Waals surface area contributed by atoms with Gasteiger partial charge in [0.25, 0.3) is 0 Å². The number of nitrogens with one attached hydrogen (secondary N) is 2. The molecule has 4 heteroatoms. The molecule has 1 aliphatic rings. The number of rotatable bonds is 5. The van der Waals surface area contributed by atoms with Crippen molar-refractivity contribution < 1.29 is 0 Å². The zero-order valence-corrected chi connectivity index (χ0v) is 11.0. The fourth-order valence-corrected chi connectivity index (χ4v) is 2.03. The number of nitrogens with zero attached hydrogens (tertiary/aromatic N) is 2. The average molecular weight is 234 g/mol. The predicted octanol–water partition coefficient (Wildman–Crippen LogP) is 2.74. The van der Waals surface area contributed by atoms with Gasteiger partial charge in [0.15, 0.2) is 0 Å². The molecule has 1 heterocycles. The van der Waals surface area contributed by atoms with Crippen LogP contribution in [0.15, 0.2) is 0 Å². The van der Waals surface area contributed by atoms with Crippen LogP contribution in [0.3, 0.4) is 0 Å². The van der Waals surface area contributed by atoms with Gasteiger partial charge in [0.2, 0.25) is 0 Å². The van der Waals surface area contributed by atoms with Crippen molar-refractivity contribution in [1.29, 1.82) is 0 Å². The molecule has 1 aromatic heterocycles. The first-order valence-electron chi connectivity index (χ1n) is 6.56. The van der Waals surface area contributed by atoms with Crippen molar-refractivity contribution in [2.45, 2.75) is 52.0 Å². The molecule has 0 saturated heterocycles. The highest BCUT2D eigenvalue weighted by molar-refractivity contribution is 5.57. The van der Waals surface area contributed by atoms with Gasteiger partial charge in [-0.05, 0) is 32.6 Å². The van der Waals surface area contributed by atoms with Gasteiger partial charge in [-0.15, -0.1) is 0 Å². The summed E-state index contributed by atoms with van der Waals surface area (Å²) in [5.74, 6) is 2.90. The summed E-state index contributed by atoms with van der Waals surface area (Å²) < 4.78 is 0. The van der Waals surface area contributed by atoms with E-state index in [0.717, 1.165) is 35.9 Å². The summed E-state index contributed by atoms with van der Waals surface area (Å²) in [4.78, 5) is 9.16. The highest BCUT2D eigenvalue weighted by Gasteiger charge is 2.19. The van der Waals surface area contributed by atoms with Crippen LogP contribution in [0.5, 0.6) is 0 Å². The Labute approximate surface area is 103 Å². The second-order valence-electron chi connectivity index (χ2n) is 4.73. The van der Waals surface area contributed by atoms with Crippen LogP contribution < -0.4 is 10.6 Å². The smallest absolute Gasteiger partial charge is 0.134 e. The first-order valence-corrected chi connectivity index (χ1v) is 6.56. The lowest BCUT2D eigenvalue weighted by Gasteiger charge is -2.28. The summed E-state index contributed by atoms with van der Waals surface area (Å²) in [6, 6.07) is 0.614. The summed E-state index contributed by atoms with van der Waals surface area (Å²) in [6.07, 6.45) is 5.88. The van der Waals surface area contributed by atoms with Crippen molar-refractivity contribution in [3.8, 4) is 0 Å². The minimum Gasteiger partial charge on any atom is -0.373 e. The standard InChI is InChI=1S/C13H22N4/c1-4-6-11-16-12(14-3)9(2)13(17-11)15-10-7-5-8-10/h10H,4-8H2,1-3H3,(H2,14,15,16,17). The van der Waals surface area contributed by atoms with Crippen LogP contribution in [0.4, 0.5) is 11.6 Å². The molecule has 0 atom stereocenters. The topological polar surface area (TPSA) is 49.8 Å². The molecule has 1 saturated carbocycles. The maximum Gasteiger partial charge on any atom is 0.134 e. The van der Waals surface area contributed by atoms with Gasteiger partial charge in [0.1, 0.15) is 17.5 Å². The Morgan fingerprint density at radius 1 is 1.24 bits per heavy atom. The molecule has 0 aliphatic heterocycles. The molecule has 4 nitrogen and oxygen atoms in total. The lowest BCUT2D eigenvalue weighted by atomic mass is 9.93. The molecule has 1 aromatic rings. The van der Waals surface area contributed by atoms with Gasteiger partial charge in [-0.2, -0.15) is 0 Å². The number of hydrogen-bond donors (Lipinski definition) is 2. The summed E-state index contributed by atoms with van der Waals surface area (Å²) in [5.41, 5.74) is 1.12. The Morgan fingerprint density at radius 2 is 1.94 bits per heavy atom. The molecule has 0 spiro atoms. The third-order valence-corrected chi connectivity index (χ3v) is 3.35. The normalized spacial score (nSPS) is 15.5. The number of anilines is 2. The molecule has 2 N–H and O–H groups in total. The van der Waals surface area contributed by atoms with E-state index in [4.69, 9.17) is 0 Å². The highest BCUT2D eigenvalue weighted by Crippen LogP contribution is 2.26. The number of aryl methyl sites for hydroxylation is 1. The van der Waals surface area contributed by atoms with Crippen molar-refractivity contribution in [3.05, 3.63) is 11.4 Å². The van der Waals surface area contributed by atoms with Crippen LogP contribution in [-0.4, -0.2) is 23.1 Å². The molecule has 2 rings (SSSR count). The lowest BCUT2D eigenvalue weighted by Crippen LogP contribution is -2.28. The monoisotopic (exact) mass is 234 g/mol. The number of aromatic nitrogens is 2. The van der Waals surface area contributed by atoms with E-state index in [1.807, 2.05) is 7.05 Å². The van der Waals surface area contributed by atoms with E-state index in [1.165, 1.54) is 19.3 Å². The summed E-state index contributed by atoms with van der Waals surface area (Å²) in [5, 5.41) is 6.68. The van der Waals surface area contributed by atoms with E-state index >= 15 is 0 Å². The molecule has 0 radical (unpaired) electrons. The SMILES string of the molecule is CCCc1nc(NC)c(C)c(NC2CCC2)n1. The number of hydrogen-bond acceptors (Lipinski definition) is 4. The Kier molecular flexibility index (Phi) is 3.82. The zero-order valence-electron chi connectivity index (χ0n) is 11.0. The fourth-order valence-electron chi connectivity index (χ4n) is 2.03. The molecule has 1 aliphatic carbocycles. The van der Waals surface area contributed by atoms with Gasteiger partial charge in [-0.25, -0.2) is 9.97 Å². The van der Waals surface area contributed by atoms with Gasteiger partial charge in [0.05, 0.1) is 0 Å². The van der Waals surface area contributed by atoms with E-state index in [0.29, 0.717) is 6.04 Å². The van der Waals surface area contributed by atoms with Gasteiger partial charge in [-0.3, -0.25) is 0 Å². The molecule has 0 amide bonds. The van der Waals surface area contributed by atoms with E-state index < -0.39 is 0 Å². The van der Waals surface area contributed by atoms with Crippen molar-refractivity contribution in [2.75, 3.05) is 17.7 Å². The van der Waals surface area contributed by atoms with Gasteiger partial charge in [-0.1, -0.05) is 6.92 Å². The van der Waals surface area contributed by atoms with Crippen LogP contribution in [-0.2, 0) is 6.42 Å². The van der Waals surface area contributed by atoms with Gasteiger partial charge >= 0.3 is 0 Å². The quantitative estimate of drug-likeness (QED) is 0.822. The Hall–Kier alpha value is -1.32. The van der Waals surface area contributed by atoms with Crippen molar-refractivity contribution in [2.24, 2.45) is 0 Å². The maximum atomic E-state index is 4.63. The molecule has 17 heavy (non-hydrogen) atoms. The Bertz CT molecular complexity index is 385. The molecule has 94 valence electrons. The van der Waals surface area contributed by atoms with Crippen molar-refractivity contribution in [1.82, 2.24) is 9.97 Å². The third kappa shape index (κ3) is 2.68. The summed E-state index contributed by atoms with van der Waals surface area (Å²) in [6.45, 7) is 4.23. The third-order valence-electron chi connectivity index (χ3n) is 3.35. The molecular weight excluding hydrogens is 212 g/mol. The van der Waals surface area contributed by atoms with Crippen LogP contribution in [0.25, 0.3) is 0 Å². The molecular formula is C13H22N4. The van der Waals surface area contributed by atoms with E-state index in [1.54, 1.807) is 0 Å². The minimum absolute atomic E-state index is 0.614. The Morgan fingerprint density at radius 3 is 2.47 bits per heavy atom.